The van der Waals surface area contributed by atoms with Crippen LogP contribution in [0.2, 0.25) is 0 Å². The normalized spacial score (nSPS) is 26.4. The van der Waals surface area contributed by atoms with Crippen LogP contribution in [0.4, 0.5) is 0 Å². The van der Waals surface area contributed by atoms with Crippen molar-refractivity contribution in [1.82, 2.24) is 0 Å². The summed E-state index contributed by atoms with van der Waals surface area (Å²) in [7, 11) is 0. The third kappa shape index (κ3) is 1.53. The first kappa shape index (κ1) is 8.53. The summed E-state index contributed by atoms with van der Waals surface area (Å²) >= 11 is 0. The van der Waals surface area contributed by atoms with E-state index >= 15 is 0 Å². The van der Waals surface area contributed by atoms with Crippen molar-refractivity contribution in [2.24, 2.45) is 5.92 Å². The molecule has 1 saturated carbocycles. The lowest BCUT2D eigenvalue weighted by molar-refractivity contribution is -0.0577. The predicted molar refractivity (Wildman–Crippen MR) is 47.2 cm³/mol. The van der Waals surface area contributed by atoms with Crippen LogP contribution in [0.5, 0.6) is 5.75 Å². The van der Waals surface area contributed by atoms with Gasteiger partial charge in [0.2, 0.25) is 0 Å². The SMILES string of the molecule is Oc1ccccc1C1CC1C(O)O. The molecule has 1 fully saturated rings. The molecule has 3 N–H and O–H groups in total. The minimum atomic E-state index is -1.26. The van der Waals surface area contributed by atoms with E-state index in [1.54, 1.807) is 12.1 Å². The van der Waals surface area contributed by atoms with Gasteiger partial charge in [-0.3, -0.25) is 0 Å². The molecule has 13 heavy (non-hydrogen) atoms. The van der Waals surface area contributed by atoms with E-state index in [4.69, 9.17) is 10.2 Å². The Morgan fingerprint density at radius 2 is 1.92 bits per heavy atom. The fourth-order valence-electron chi connectivity index (χ4n) is 1.70. The number of para-hydroxylation sites is 1. The smallest absolute Gasteiger partial charge is 0.154 e. The molecule has 3 nitrogen and oxygen atoms in total. The zero-order chi connectivity index (χ0) is 9.42. The summed E-state index contributed by atoms with van der Waals surface area (Å²) in [5.41, 5.74) is 0.820. The molecule has 0 radical (unpaired) electrons. The maximum Gasteiger partial charge on any atom is 0.154 e. The van der Waals surface area contributed by atoms with Crippen molar-refractivity contribution in [3.05, 3.63) is 29.8 Å². The standard InChI is InChI=1S/C10H12O3/c11-9-4-2-1-3-6(9)7-5-8(7)10(12)13/h1-4,7-8,10-13H,5H2. The average Bonchev–Trinajstić information content (AvgIpc) is 2.84. The molecule has 0 aromatic heterocycles. The van der Waals surface area contributed by atoms with Crippen LogP contribution >= 0.6 is 0 Å². The van der Waals surface area contributed by atoms with E-state index in [1.165, 1.54) is 0 Å². The van der Waals surface area contributed by atoms with E-state index < -0.39 is 6.29 Å². The molecule has 2 rings (SSSR count). The molecule has 0 spiro atoms. The number of hydrogen-bond acceptors (Lipinski definition) is 3. The number of aromatic hydroxyl groups is 1. The molecule has 2 unspecified atom stereocenters. The molecule has 70 valence electrons. The summed E-state index contributed by atoms with van der Waals surface area (Å²) in [5, 5.41) is 27.2. The molecule has 1 aromatic rings. The molecule has 0 bridgehead atoms. The van der Waals surface area contributed by atoms with Crippen LogP contribution in [0.1, 0.15) is 17.9 Å². The van der Waals surface area contributed by atoms with E-state index in [0.717, 1.165) is 12.0 Å². The number of rotatable bonds is 2. The first-order valence-electron chi connectivity index (χ1n) is 4.34. The van der Waals surface area contributed by atoms with Gasteiger partial charge in [-0.15, -0.1) is 0 Å². The molecular formula is C10H12O3. The number of benzene rings is 1. The van der Waals surface area contributed by atoms with Crippen LogP contribution in [-0.4, -0.2) is 21.6 Å². The lowest BCUT2D eigenvalue weighted by Crippen LogP contribution is -2.07. The van der Waals surface area contributed by atoms with E-state index in [-0.39, 0.29) is 17.6 Å². The fraction of sp³-hybridized carbons (Fsp3) is 0.400. The van der Waals surface area contributed by atoms with Crippen LogP contribution in [0.25, 0.3) is 0 Å². The highest BCUT2D eigenvalue weighted by Crippen LogP contribution is 2.51. The van der Waals surface area contributed by atoms with Gasteiger partial charge >= 0.3 is 0 Å². The second-order valence-corrected chi connectivity index (χ2v) is 3.48. The Bertz CT molecular complexity index is 309. The highest BCUT2D eigenvalue weighted by atomic mass is 16.5. The molecule has 2 atom stereocenters. The molecule has 0 amide bonds. The Balaban J connectivity index is 2.16. The lowest BCUT2D eigenvalue weighted by atomic mass is 10.1. The quantitative estimate of drug-likeness (QED) is 0.590. The largest absolute Gasteiger partial charge is 0.508 e. The van der Waals surface area contributed by atoms with Crippen LogP contribution in [-0.2, 0) is 0 Å². The van der Waals surface area contributed by atoms with Crippen molar-refractivity contribution in [3.63, 3.8) is 0 Å². The van der Waals surface area contributed by atoms with Crippen molar-refractivity contribution in [3.8, 4) is 5.75 Å². The molecule has 0 saturated heterocycles. The third-order valence-corrected chi connectivity index (χ3v) is 2.56. The summed E-state index contributed by atoms with van der Waals surface area (Å²) < 4.78 is 0. The highest BCUT2D eigenvalue weighted by molar-refractivity contribution is 5.38. The molecule has 1 aliphatic carbocycles. The van der Waals surface area contributed by atoms with Gasteiger partial charge in [0.05, 0.1) is 0 Å². The van der Waals surface area contributed by atoms with E-state index in [2.05, 4.69) is 0 Å². The summed E-state index contributed by atoms with van der Waals surface area (Å²) in [5.74, 6) is 0.255. The van der Waals surface area contributed by atoms with Gasteiger partial charge in [-0.25, -0.2) is 0 Å². The molecule has 1 aromatic carbocycles. The fourth-order valence-corrected chi connectivity index (χ4v) is 1.70. The Morgan fingerprint density at radius 1 is 1.23 bits per heavy atom. The number of aliphatic hydroxyl groups is 2. The van der Waals surface area contributed by atoms with Gasteiger partial charge in [-0.1, -0.05) is 18.2 Å². The summed E-state index contributed by atoms with van der Waals surface area (Å²) in [6.45, 7) is 0. The molecule has 0 heterocycles. The maximum absolute atomic E-state index is 9.46. The van der Waals surface area contributed by atoms with Crippen molar-refractivity contribution < 1.29 is 15.3 Å². The van der Waals surface area contributed by atoms with Gasteiger partial charge in [0.1, 0.15) is 5.75 Å². The van der Waals surface area contributed by atoms with Crippen molar-refractivity contribution in [2.45, 2.75) is 18.6 Å². The number of phenolic OH excluding ortho intramolecular Hbond substituents is 1. The second-order valence-electron chi connectivity index (χ2n) is 3.48. The van der Waals surface area contributed by atoms with Crippen LogP contribution in [0, 0.1) is 5.92 Å². The molecule has 1 aliphatic rings. The number of phenols is 1. The van der Waals surface area contributed by atoms with E-state index in [0.29, 0.717) is 0 Å². The molecule has 3 heteroatoms. The van der Waals surface area contributed by atoms with Gasteiger partial charge in [0.15, 0.2) is 6.29 Å². The minimum absolute atomic E-state index is 0.103. The van der Waals surface area contributed by atoms with Crippen LogP contribution in [0.15, 0.2) is 24.3 Å². The summed E-state index contributed by atoms with van der Waals surface area (Å²) in [6.07, 6.45) is -0.514. The van der Waals surface area contributed by atoms with E-state index in [9.17, 15) is 5.11 Å². The van der Waals surface area contributed by atoms with Gasteiger partial charge in [-0.2, -0.15) is 0 Å². The zero-order valence-electron chi connectivity index (χ0n) is 7.09. The topological polar surface area (TPSA) is 60.7 Å². The molecular weight excluding hydrogens is 168 g/mol. The Labute approximate surface area is 76.3 Å². The number of hydrogen-bond donors (Lipinski definition) is 3. The zero-order valence-corrected chi connectivity index (χ0v) is 7.09. The van der Waals surface area contributed by atoms with Crippen LogP contribution in [0.3, 0.4) is 0 Å². The lowest BCUT2D eigenvalue weighted by Gasteiger charge is -2.04. The predicted octanol–water partition coefficient (Wildman–Crippen LogP) is 0.806. The average molecular weight is 180 g/mol. The van der Waals surface area contributed by atoms with Gasteiger partial charge in [-0.05, 0) is 24.0 Å². The van der Waals surface area contributed by atoms with Gasteiger partial charge in [0, 0.05) is 5.92 Å². The number of aliphatic hydroxyl groups excluding tert-OH is 1. The minimum Gasteiger partial charge on any atom is -0.508 e. The first-order valence-corrected chi connectivity index (χ1v) is 4.34. The summed E-state index contributed by atoms with van der Waals surface area (Å²) in [6, 6.07) is 7.04. The Hall–Kier alpha value is -1.06. The second kappa shape index (κ2) is 3.01. The Kier molecular flexibility index (Phi) is 1.98. The van der Waals surface area contributed by atoms with Gasteiger partial charge < -0.3 is 15.3 Å². The van der Waals surface area contributed by atoms with Crippen LogP contribution < -0.4 is 0 Å². The summed E-state index contributed by atoms with van der Waals surface area (Å²) in [4.78, 5) is 0. The van der Waals surface area contributed by atoms with Crippen molar-refractivity contribution >= 4 is 0 Å². The third-order valence-electron chi connectivity index (χ3n) is 2.56. The van der Waals surface area contributed by atoms with Crippen molar-refractivity contribution in [1.29, 1.82) is 0 Å². The van der Waals surface area contributed by atoms with Crippen molar-refractivity contribution in [2.75, 3.05) is 0 Å². The first-order chi connectivity index (χ1) is 6.20. The Morgan fingerprint density at radius 3 is 2.46 bits per heavy atom. The molecule has 0 aliphatic heterocycles. The maximum atomic E-state index is 9.46. The monoisotopic (exact) mass is 180 g/mol. The van der Waals surface area contributed by atoms with Gasteiger partial charge in [0.25, 0.3) is 0 Å². The van der Waals surface area contributed by atoms with E-state index in [1.807, 2.05) is 12.1 Å². The highest BCUT2D eigenvalue weighted by Gasteiger charge is 2.43.